The SMILES string of the molecule is Cc1cn(OC(=O)C2=CC(C)S[C@@H]3CC(=O)N23)[n+](C)c1N. The van der Waals surface area contributed by atoms with Gasteiger partial charge in [0, 0.05) is 5.25 Å². The number of nitrogens with two attached hydrogens (primary N) is 1. The molecule has 2 N–H and O–H groups in total. The Bertz CT molecular complexity index is 667. The number of rotatable bonds is 2. The Hall–Kier alpha value is -1.96. The largest absolute Gasteiger partial charge is 0.383 e. The van der Waals surface area contributed by atoms with Crippen LogP contribution in [0, 0.1) is 6.92 Å². The van der Waals surface area contributed by atoms with Crippen LogP contribution in [0.2, 0.25) is 0 Å². The fourth-order valence-electron chi connectivity index (χ4n) is 2.44. The Morgan fingerprint density at radius 3 is 2.86 bits per heavy atom. The van der Waals surface area contributed by atoms with E-state index in [1.807, 2.05) is 13.8 Å². The van der Waals surface area contributed by atoms with Crippen LogP contribution in [0.4, 0.5) is 5.82 Å². The van der Waals surface area contributed by atoms with Gasteiger partial charge < -0.3 is 0 Å². The summed E-state index contributed by atoms with van der Waals surface area (Å²) in [5, 5.41) is 0.220. The monoisotopic (exact) mass is 309 g/mol. The number of thioether (sulfide) groups is 1. The molecule has 2 aliphatic rings. The summed E-state index contributed by atoms with van der Waals surface area (Å²) in [7, 11) is 1.70. The number of amides is 1. The average molecular weight is 309 g/mol. The number of carbonyl (C=O) groups is 2. The lowest BCUT2D eigenvalue weighted by Gasteiger charge is -2.44. The summed E-state index contributed by atoms with van der Waals surface area (Å²) in [6, 6.07) is 0. The van der Waals surface area contributed by atoms with Gasteiger partial charge in [-0.25, -0.2) is 4.79 Å². The predicted molar refractivity (Wildman–Crippen MR) is 76.7 cm³/mol. The summed E-state index contributed by atoms with van der Waals surface area (Å²) in [4.78, 5) is 32.2. The molecule has 1 fully saturated rings. The summed E-state index contributed by atoms with van der Waals surface area (Å²) in [6.45, 7) is 3.82. The van der Waals surface area contributed by atoms with E-state index in [1.54, 1.807) is 31.1 Å². The van der Waals surface area contributed by atoms with Crippen LogP contribution in [-0.4, -0.2) is 32.2 Å². The second kappa shape index (κ2) is 4.80. The van der Waals surface area contributed by atoms with Crippen molar-refractivity contribution in [1.29, 1.82) is 0 Å². The molecule has 7 nitrogen and oxygen atoms in total. The first-order valence-electron chi connectivity index (χ1n) is 6.64. The van der Waals surface area contributed by atoms with Gasteiger partial charge in [-0.3, -0.25) is 20.3 Å². The first-order valence-corrected chi connectivity index (χ1v) is 7.58. The molecular weight excluding hydrogens is 292 g/mol. The van der Waals surface area contributed by atoms with E-state index in [0.717, 1.165) is 5.56 Å². The van der Waals surface area contributed by atoms with Crippen LogP contribution in [0.25, 0.3) is 0 Å². The number of carbonyl (C=O) groups excluding carboxylic acids is 2. The number of nitrogens with zero attached hydrogens (tertiary/aromatic N) is 3. The molecule has 1 aromatic heterocycles. The summed E-state index contributed by atoms with van der Waals surface area (Å²) in [6.07, 6.45) is 3.87. The standard InChI is InChI=1S/C13H16N4O3S/c1-7-6-16(15(3)12(7)14)20-13(19)9-4-8(2)21-11-5-10(18)17(9)11/h4,6,8,11,14H,5H2,1-3H3/p+1/t8?,11-/m1/s1. The summed E-state index contributed by atoms with van der Waals surface area (Å²) in [5.74, 6) is -0.0803. The molecule has 2 aliphatic heterocycles. The highest BCUT2D eigenvalue weighted by Gasteiger charge is 2.45. The molecule has 1 saturated heterocycles. The quantitative estimate of drug-likeness (QED) is 0.601. The van der Waals surface area contributed by atoms with Crippen LogP contribution in [0.3, 0.4) is 0 Å². The smallest absolute Gasteiger partial charge is 0.298 e. The molecule has 0 radical (unpaired) electrons. The molecule has 2 atom stereocenters. The average Bonchev–Trinajstić information content (AvgIpc) is 2.64. The number of nitrogen functional groups attached to an aromatic ring is 1. The molecule has 21 heavy (non-hydrogen) atoms. The molecule has 1 unspecified atom stereocenters. The Balaban J connectivity index is 1.84. The predicted octanol–water partition coefficient (Wildman–Crippen LogP) is -0.264. The third-order valence-corrected chi connectivity index (χ3v) is 4.92. The maximum atomic E-state index is 12.4. The summed E-state index contributed by atoms with van der Waals surface area (Å²) < 4.78 is 1.53. The molecule has 3 heterocycles. The second-order valence-corrected chi connectivity index (χ2v) is 6.78. The Morgan fingerprint density at radius 2 is 2.29 bits per heavy atom. The van der Waals surface area contributed by atoms with Crippen molar-refractivity contribution < 1.29 is 19.1 Å². The Morgan fingerprint density at radius 1 is 1.57 bits per heavy atom. The van der Waals surface area contributed by atoms with E-state index in [0.29, 0.717) is 17.9 Å². The first-order chi connectivity index (χ1) is 9.88. The molecule has 1 amide bonds. The van der Waals surface area contributed by atoms with Crippen LogP contribution < -0.4 is 15.3 Å². The molecular formula is C13H17N4O3S+. The molecule has 0 spiro atoms. The topological polar surface area (TPSA) is 81.4 Å². The molecule has 3 rings (SSSR count). The van der Waals surface area contributed by atoms with E-state index < -0.39 is 5.97 Å². The second-order valence-electron chi connectivity index (χ2n) is 5.22. The van der Waals surface area contributed by atoms with Gasteiger partial charge in [0.2, 0.25) is 5.91 Å². The van der Waals surface area contributed by atoms with Crippen molar-refractivity contribution in [3.05, 3.63) is 23.5 Å². The van der Waals surface area contributed by atoms with Gasteiger partial charge in [0.25, 0.3) is 5.82 Å². The summed E-state index contributed by atoms with van der Waals surface area (Å²) in [5.41, 5.74) is 6.95. The van der Waals surface area contributed by atoms with Crippen LogP contribution in [0.1, 0.15) is 18.9 Å². The Kier molecular flexibility index (Phi) is 3.20. The van der Waals surface area contributed by atoms with Crippen LogP contribution >= 0.6 is 11.8 Å². The van der Waals surface area contributed by atoms with Gasteiger partial charge in [-0.1, -0.05) is 0 Å². The van der Waals surface area contributed by atoms with E-state index in [1.165, 1.54) is 14.4 Å². The van der Waals surface area contributed by atoms with Gasteiger partial charge in [-0.05, 0) is 24.8 Å². The van der Waals surface area contributed by atoms with Crippen molar-refractivity contribution in [3.8, 4) is 0 Å². The number of hydrogen-bond acceptors (Lipinski definition) is 5. The maximum absolute atomic E-state index is 12.4. The van der Waals surface area contributed by atoms with Gasteiger partial charge in [-0.15, -0.1) is 16.4 Å². The zero-order valence-electron chi connectivity index (χ0n) is 12.1. The van der Waals surface area contributed by atoms with Crippen molar-refractivity contribution in [2.75, 3.05) is 5.73 Å². The molecule has 1 aromatic rings. The molecule has 8 heteroatoms. The number of β-lactam (4-membered cyclic amide) rings is 1. The minimum Gasteiger partial charge on any atom is -0.298 e. The summed E-state index contributed by atoms with van der Waals surface area (Å²) >= 11 is 1.67. The lowest BCUT2D eigenvalue weighted by atomic mass is 10.1. The zero-order valence-corrected chi connectivity index (χ0v) is 12.9. The minimum atomic E-state index is -0.550. The molecule has 112 valence electrons. The third kappa shape index (κ3) is 2.19. The van der Waals surface area contributed by atoms with Gasteiger partial charge in [0.15, 0.2) is 0 Å². The number of aromatic nitrogens is 2. The number of aryl methyl sites for hydroxylation is 1. The van der Waals surface area contributed by atoms with Crippen molar-refractivity contribution >= 4 is 29.5 Å². The highest BCUT2D eigenvalue weighted by molar-refractivity contribution is 8.00. The molecule has 0 bridgehead atoms. The number of anilines is 1. The highest BCUT2D eigenvalue weighted by atomic mass is 32.2. The van der Waals surface area contributed by atoms with Gasteiger partial charge in [0.1, 0.15) is 12.7 Å². The lowest BCUT2D eigenvalue weighted by molar-refractivity contribution is -0.762. The van der Waals surface area contributed by atoms with Crippen molar-refractivity contribution in [2.45, 2.75) is 30.9 Å². The van der Waals surface area contributed by atoms with E-state index in [4.69, 9.17) is 10.6 Å². The fraction of sp³-hybridized carbons (Fsp3) is 0.462. The van der Waals surface area contributed by atoms with E-state index in [2.05, 4.69) is 0 Å². The zero-order chi connectivity index (χ0) is 15.3. The van der Waals surface area contributed by atoms with E-state index in [-0.39, 0.29) is 16.5 Å². The normalized spacial score (nSPS) is 24.2. The van der Waals surface area contributed by atoms with Crippen molar-refractivity contribution in [2.24, 2.45) is 7.05 Å². The fourth-order valence-corrected chi connectivity index (χ4v) is 3.74. The molecule has 0 aromatic carbocycles. The van der Waals surface area contributed by atoms with E-state index >= 15 is 0 Å². The third-order valence-electron chi connectivity index (χ3n) is 3.67. The number of fused-ring (bicyclic) bond motifs is 1. The molecule has 0 aliphatic carbocycles. The minimum absolute atomic E-state index is 0.0461. The number of hydrogen-bond donors (Lipinski definition) is 1. The highest BCUT2D eigenvalue weighted by Crippen LogP contribution is 2.40. The van der Waals surface area contributed by atoms with Gasteiger partial charge in [0.05, 0.1) is 23.6 Å². The maximum Gasteiger partial charge on any atom is 0.383 e. The molecule has 0 saturated carbocycles. The first kappa shape index (κ1) is 14.0. The van der Waals surface area contributed by atoms with Crippen LogP contribution in [-0.2, 0) is 16.6 Å². The van der Waals surface area contributed by atoms with Crippen molar-refractivity contribution in [1.82, 2.24) is 9.75 Å². The van der Waals surface area contributed by atoms with Gasteiger partial charge in [-0.2, -0.15) is 0 Å². The van der Waals surface area contributed by atoms with E-state index in [9.17, 15) is 9.59 Å². The van der Waals surface area contributed by atoms with Crippen LogP contribution in [0.5, 0.6) is 0 Å². The van der Waals surface area contributed by atoms with Crippen LogP contribution in [0.15, 0.2) is 18.0 Å². The Labute approximate surface area is 126 Å². The van der Waals surface area contributed by atoms with Crippen molar-refractivity contribution in [3.63, 3.8) is 0 Å². The van der Waals surface area contributed by atoms with Gasteiger partial charge >= 0.3 is 5.97 Å². The lowest BCUT2D eigenvalue weighted by Crippen LogP contribution is -2.55.